The summed E-state index contributed by atoms with van der Waals surface area (Å²) in [6, 6.07) is 2.48. The second-order valence-corrected chi connectivity index (χ2v) is 8.88. The molecule has 1 saturated heterocycles. The highest BCUT2D eigenvalue weighted by Gasteiger charge is 2.34. The molecule has 3 heterocycles. The number of carbonyl (C=O) groups is 1. The van der Waals surface area contributed by atoms with Crippen LogP contribution in [0.5, 0.6) is 5.75 Å². The number of fused-ring (bicyclic) bond motifs is 1. The Morgan fingerprint density at radius 1 is 1.30 bits per heavy atom. The quantitative estimate of drug-likeness (QED) is 0.481. The van der Waals surface area contributed by atoms with Gasteiger partial charge in [-0.05, 0) is 39.3 Å². The van der Waals surface area contributed by atoms with Crippen LogP contribution < -0.4 is 10.1 Å². The second kappa shape index (κ2) is 10.4. The third-order valence-electron chi connectivity index (χ3n) is 5.85. The molecule has 3 aromatic rings. The van der Waals surface area contributed by atoms with Gasteiger partial charge in [-0.2, -0.15) is 0 Å². The zero-order valence-corrected chi connectivity index (χ0v) is 20.6. The normalized spacial score (nSPS) is 15.0. The number of ether oxygens (including phenoxy) is 1. The number of carboxylic acids is 1. The van der Waals surface area contributed by atoms with Gasteiger partial charge in [0.2, 0.25) is 0 Å². The number of carboxylic acid groups (broad SMARTS) is 1. The smallest absolute Gasteiger partial charge is 0.300 e. The van der Waals surface area contributed by atoms with Crippen molar-refractivity contribution >= 4 is 34.6 Å². The standard InChI is InChI=1S/C21H27ClN6O.C2H4O2/c1-11(2)28-7-14(8-28)17-12(3)16(22)6-15(19(17)29-5)13(4)27-21-18-20(24-9-23-18)25-10-26-21;1-2(3)4/h6,9-11,13-14H,7-8H2,1-5H3,(H2,23,24,25,26,27);1H3,(H,3,4). The highest BCUT2D eigenvalue weighted by Crippen LogP contribution is 2.43. The minimum Gasteiger partial charge on any atom is -0.496 e. The van der Waals surface area contributed by atoms with Crippen molar-refractivity contribution in [2.45, 2.75) is 52.6 Å². The van der Waals surface area contributed by atoms with E-state index in [0.717, 1.165) is 47.4 Å². The van der Waals surface area contributed by atoms with Crippen LogP contribution >= 0.6 is 11.6 Å². The van der Waals surface area contributed by atoms with Gasteiger partial charge in [-0.25, -0.2) is 15.0 Å². The van der Waals surface area contributed by atoms with Crippen LogP contribution in [0.3, 0.4) is 0 Å². The van der Waals surface area contributed by atoms with E-state index in [1.165, 1.54) is 11.9 Å². The van der Waals surface area contributed by atoms with Crippen LogP contribution in [0.25, 0.3) is 11.2 Å². The Labute approximate surface area is 198 Å². The molecule has 1 aliphatic rings. The fourth-order valence-electron chi connectivity index (χ4n) is 4.08. The van der Waals surface area contributed by atoms with Crippen molar-refractivity contribution in [2.24, 2.45) is 0 Å². The third kappa shape index (κ3) is 5.36. The van der Waals surface area contributed by atoms with Gasteiger partial charge in [-0.1, -0.05) is 11.6 Å². The first-order chi connectivity index (χ1) is 15.6. The number of nitrogens with one attached hydrogen (secondary N) is 2. The summed E-state index contributed by atoms with van der Waals surface area (Å²) in [5.74, 6) is 1.21. The molecule has 1 aromatic carbocycles. The van der Waals surface area contributed by atoms with E-state index in [9.17, 15) is 0 Å². The summed E-state index contributed by atoms with van der Waals surface area (Å²) in [5.41, 5.74) is 4.75. The molecule has 1 atom stereocenters. The molecule has 178 valence electrons. The van der Waals surface area contributed by atoms with Gasteiger partial charge in [0.05, 0.1) is 19.5 Å². The molecule has 2 aromatic heterocycles. The maximum Gasteiger partial charge on any atom is 0.300 e. The van der Waals surface area contributed by atoms with Gasteiger partial charge in [0.15, 0.2) is 11.5 Å². The van der Waals surface area contributed by atoms with E-state index >= 15 is 0 Å². The number of benzene rings is 1. The number of halogens is 1. The minimum atomic E-state index is -0.833. The third-order valence-corrected chi connectivity index (χ3v) is 6.24. The summed E-state index contributed by atoms with van der Waals surface area (Å²) < 4.78 is 5.93. The number of aliphatic carboxylic acids is 1. The highest BCUT2D eigenvalue weighted by atomic mass is 35.5. The SMILES string of the molecule is CC(=O)O.COc1c(C(C)Nc2ncnc3nc[nH]c23)cc(Cl)c(C)c1C1CN(C(C)C)C1. The Morgan fingerprint density at radius 2 is 1.97 bits per heavy atom. The molecule has 1 unspecified atom stereocenters. The topological polar surface area (TPSA) is 116 Å². The molecular weight excluding hydrogens is 444 g/mol. The van der Waals surface area contributed by atoms with E-state index in [2.05, 4.69) is 57.8 Å². The van der Waals surface area contributed by atoms with E-state index in [-0.39, 0.29) is 6.04 Å². The second-order valence-electron chi connectivity index (χ2n) is 8.47. The van der Waals surface area contributed by atoms with Gasteiger partial charge in [0, 0.05) is 48.1 Å². The lowest BCUT2D eigenvalue weighted by molar-refractivity contribution is -0.134. The maximum atomic E-state index is 9.00. The summed E-state index contributed by atoms with van der Waals surface area (Å²) >= 11 is 6.66. The number of H-pyrrole nitrogens is 1. The zero-order valence-electron chi connectivity index (χ0n) is 19.8. The zero-order chi connectivity index (χ0) is 24.3. The maximum absolute atomic E-state index is 9.00. The molecule has 3 N–H and O–H groups in total. The molecule has 33 heavy (non-hydrogen) atoms. The first kappa shape index (κ1) is 24.7. The number of rotatable bonds is 6. The van der Waals surface area contributed by atoms with Crippen LogP contribution in [0.4, 0.5) is 5.82 Å². The van der Waals surface area contributed by atoms with Crippen molar-refractivity contribution in [3.05, 3.63) is 40.4 Å². The van der Waals surface area contributed by atoms with Crippen molar-refractivity contribution in [1.82, 2.24) is 24.8 Å². The Hall–Kier alpha value is -2.91. The van der Waals surface area contributed by atoms with Crippen LogP contribution in [0.2, 0.25) is 5.02 Å². The predicted octanol–water partition coefficient (Wildman–Crippen LogP) is 4.39. The number of aromatic nitrogens is 4. The van der Waals surface area contributed by atoms with Gasteiger partial charge in [0.25, 0.3) is 5.97 Å². The molecule has 4 rings (SSSR count). The largest absolute Gasteiger partial charge is 0.496 e. The van der Waals surface area contributed by atoms with Crippen molar-refractivity contribution < 1.29 is 14.6 Å². The molecule has 0 amide bonds. The van der Waals surface area contributed by atoms with Gasteiger partial charge >= 0.3 is 0 Å². The van der Waals surface area contributed by atoms with Crippen LogP contribution in [0.1, 0.15) is 56.3 Å². The van der Waals surface area contributed by atoms with Crippen LogP contribution in [-0.2, 0) is 4.79 Å². The van der Waals surface area contributed by atoms with Crippen molar-refractivity contribution in [1.29, 1.82) is 0 Å². The van der Waals surface area contributed by atoms with E-state index in [4.69, 9.17) is 26.2 Å². The van der Waals surface area contributed by atoms with Gasteiger partial charge < -0.3 is 20.1 Å². The molecular formula is C23H31ClN6O3. The van der Waals surface area contributed by atoms with Crippen LogP contribution in [0.15, 0.2) is 18.7 Å². The minimum absolute atomic E-state index is 0.0653. The molecule has 0 aliphatic carbocycles. The number of aromatic amines is 1. The Morgan fingerprint density at radius 3 is 2.58 bits per heavy atom. The van der Waals surface area contributed by atoms with E-state index < -0.39 is 5.97 Å². The van der Waals surface area contributed by atoms with E-state index in [1.807, 2.05) is 6.07 Å². The molecule has 1 aliphatic heterocycles. The number of imidazole rings is 1. The van der Waals surface area contributed by atoms with Crippen LogP contribution in [0, 0.1) is 6.92 Å². The lowest BCUT2D eigenvalue weighted by atomic mass is 9.84. The number of hydrogen-bond donors (Lipinski definition) is 3. The Bertz CT molecular complexity index is 1120. The first-order valence-electron chi connectivity index (χ1n) is 10.8. The fourth-order valence-corrected chi connectivity index (χ4v) is 4.30. The average Bonchev–Trinajstić information content (AvgIpc) is 3.19. The number of anilines is 1. The van der Waals surface area contributed by atoms with Gasteiger partial charge in [0.1, 0.15) is 17.6 Å². The number of likely N-dealkylation sites (tertiary alicyclic amines) is 1. The van der Waals surface area contributed by atoms with Crippen molar-refractivity contribution in [3.8, 4) is 5.75 Å². The molecule has 0 saturated carbocycles. The van der Waals surface area contributed by atoms with Crippen LogP contribution in [-0.4, -0.2) is 62.2 Å². The number of hydrogen-bond acceptors (Lipinski definition) is 7. The van der Waals surface area contributed by atoms with E-state index in [1.54, 1.807) is 13.4 Å². The number of methoxy groups -OCH3 is 1. The summed E-state index contributed by atoms with van der Waals surface area (Å²) in [5, 5.41) is 11.6. The summed E-state index contributed by atoms with van der Waals surface area (Å²) in [7, 11) is 1.74. The van der Waals surface area contributed by atoms with Gasteiger partial charge in [-0.3, -0.25) is 9.69 Å². The molecule has 0 radical (unpaired) electrons. The molecule has 0 bridgehead atoms. The van der Waals surface area contributed by atoms with Crippen molar-refractivity contribution in [3.63, 3.8) is 0 Å². The Kier molecular flexibility index (Phi) is 7.76. The molecule has 9 nitrogen and oxygen atoms in total. The molecule has 10 heteroatoms. The highest BCUT2D eigenvalue weighted by molar-refractivity contribution is 6.31. The predicted molar refractivity (Wildman–Crippen MR) is 129 cm³/mol. The lowest BCUT2D eigenvalue weighted by Crippen LogP contribution is -2.48. The average molecular weight is 475 g/mol. The fraction of sp³-hybridized carbons (Fsp3) is 0.478. The summed E-state index contributed by atoms with van der Waals surface area (Å²) in [6.45, 7) is 11.8. The number of nitrogens with zero attached hydrogens (tertiary/aromatic N) is 4. The summed E-state index contributed by atoms with van der Waals surface area (Å²) in [4.78, 5) is 27.3. The molecule has 0 spiro atoms. The van der Waals surface area contributed by atoms with Crippen molar-refractivity contribution in [2.75, 3.05) is 25.5 Å². The lowest BCUT2D eigenvalue weighted by Gasteiger charge is -2.43. The molecule has 1 fully saturated rings. The first-order valence-corrected chi connectivity index (χ1v) is 11.2. The Balaban J connectivity index is 0.000000709. The van der Waals surface area contributed by atoms with E-state index in [0.29, 0.717) is 23.4 Å². The summed E-state index contributed by atoms with van der Waals surface area (Å²) in [6.07, 6.45) is 3.13. The monoisotopic (exact) mass is 474 g/mol. The van der Waals surface area contributed by atoms with Gasteiger partial charge in [-0.15, -0.1) is 0 Å².